The van der Waals surface area contributed by atoms with E-state index < -0.39 is 11.7 Å². The Hall–Kier alpha value is -0.900. The van der Waals surface area contributed by atoms with Gasteiger partial charge in [-0.1, -0.05) is 0 Å². The fourth-order valence-electron chi connectivity index (χ4n) is 1.52. The third-order valence-corrected chi connectivity index (χ3v) is 3.21. The Bertz CT molecular complexity index is 567. The molecule has 0 saturated heterocycles. The largest absolute Gasteiger partial charge is 0.417 e. The van der Waals surface area contributed by atoms with E-state index in [1.54, 1.807) is 11.7 Å². The van der Waals surface area contributed by atoms with Crippen LogP contribution in [0.1, 0.15) is 5.56 Å². The van der Waals surface area contributed by atoms with Crippen molar-refractivity contribution in [3.63, 3.8) is 0 Å². The van der Waals surface area contributed by atoms with Crippen molar-refractivity contribution in [2.45, 2.75) is 12.7 Å². The van der Waals surface area contributed by atoms with Crippen LogP contribution in [0.5, 0.6) is 0 Å². The number of pyridine rings is 1. The molecule has 0 aliphatic carbocycles. The number of aromatic nitrogens is 3. The van der Waals surface area contributed by atoms with Gasteiger partial charge in [0.2, 0.25) is 0 Å². The zero-order valence-corrected chi connectivity index (χ0v) is 11.5. The summed E-state index contributed by atoms with van der Waals surface area (Å²) in [7, 11) is 1.56. The second kappa shape index (κ2) is 5.00. The highest BCUT2D eigenvalue weighted by Crippen LogP contribution is 2.30. The lowest BCUT2D eigenvalue weighted by Crippen LogP contribution is -2.08. The van der Waals surface area contributed by atoms with E-state index in [0.717, 1.165) is 12.3 Å². The van der Waals surface area contributed by atoms with Crippen molar-refractivity contribution in [1.29, 1.82) is 0 Å². The number of alkyl halides is 3. The van der Waals surface area contributed by atoms with Crippen LogP contribution in [0, 0.1) is 3.83 Å². The van der Waals surface area contributed by atoms with Crippen LogP contribution in [0.25, 0.3) is 11.2 Å². The van der Waals surface area contributed by atoms with Crippen LogP contribution in [0.3, 0.4) is 0 Å². The fourth-order valence-corrected chi connectivity index (χ4v) is 2.25. The first-order chi connectivity index (χ1) is 8.43. The molecule has 0 bridgehead atoms. The standard InChI is InChI=1S/C10H9F3IN3O/c1-18-3-2-17-8-7(16-9(17)14)4-6(5-15-8)10(11,12)13/h4-5H,2-3H2,1H3. The van der Waals surface area contributed by atoms with E-state index in [0.29, 0.717) is 22.6 Å². The lowest BCUT2D eigenvalue weighted by Gasteiger charge is -2.06. The van der Waals surface area contributed by atoms with Crippen molar-refractivity contribution in [3.8, 4) is 0 Å². The second-order valence-electron chi connectivity index (χ2n) is 3.59. The fraction of sp³-hybridized carbons (Fsp3) is 0.400. The monoisotopic (exact) mass is 371 g/mol. The van der Waals surface area contributed by atoms with Gasteiger partial charge >= 0.3 is 6.18 Å². The van der Waals surface area contributed by atoms with Crippen molar-refractivity contribution in [3.05, 3.63) is 21.7 Å². The molecule has 0 aliphatic heterocycles. The Balaban J connectivity index is 2.48. The number of ether oxygens (including phenoxy) is 1. The van der Waals surface area contributed by atoms with Gasteiger partial charge in [-0.2, -0.15) is 13.2 Å². The van der Waals surface area contributed by atoms with Crippen molar-refractivity contribution < 1.29 is 17.9 Å². The Morgan fingerprint density at radius 2 is 2.17 bits per heavy atom. The van der Waals surface area contributed by atoms with Gasteiger partial charge in [0.05, 0.1) is 12.2 Å². The average Bonchev–Trinajstić information content (AvgIpc) is 2.60. The minimum absolute atomic E-state index is 0.241. The molecule has 18 heavy (non-hydrogen) atoms. The van der Waals surface area contributed by atoms with Crippen LogP contribution in [-0.4, -0.2) is 28.3 Å². The number of hydrogen-bond donors (Lipinski definition) is 0. The molecule has 0 aliphatic rings. The molecular weight excluding hydrogens is 362 g/mol. The van der Waals surface area contributed by atoms with Crippen LogP contribution in [0.2, 0.25) is 0 Å². The van der Waals surface area contributed by atoms with E-state index in [1.165, 1.54) is 0 Å². The van der Waals surface area contributed by atoms with Gasteiger partial charge in [-0.15, -0.1) is 0 Å². The van der Waals surface area contributed by atoms with Gasteiger partial charge in [0.15, 0.2) is 9.48 Å². The van der Waals surface area contributed by atoms with E-state index in [-0.39, 0.29) is 5.52 Å². The summed E-state index contributed by atoms with van der Waals surface area (Å²) in [5.74, 6) is 0. The zero-order chi connectivity index (χ0) is 13.3. The first-order valence-corrected chi connectivity index (χ1v) is 6.09. The molecule has 0 fully saturated rings. The summed E-state index contributed by atoms with van der Waals surface area (Å²) in [6.45, 7) is 0.952. The molecule has 0 unspecified atom stereocenters. The number of halogens is 4. The number of fused-ring (bicyclic) bond motifs is 1. The molecule has 0 N–H and O–H groups in total. The first-order valence-electron chi connectivity index (χ1n) is 5.01. The Morgan fingerprint density at radius 3 is 2.78 bits per heavy atom. The van der Waals surface area contributed by atoms with E-state index in [4.69, 9.17) is 4.74 Å². The maximum atomic E-state index is 12.5. The quantitative estimate of drug-likeness (QED) is 0.780. The molecule has 8 heteroatoms. The van der Waals surface area contributed by atoms with Crippen molar-refractivity contribution in [1.82, 2.24) is 14.5 Å². The van der Waals surface area contributed by atoms with E-state index in [2.05, 4.69) is 9.97 Å². The smallest absolute Gasteiger partial charge is 0.383 e. The van der Waals surface area contributed by atoms with Crippen LogP contribution < -0.4 is 0 Å². The normalized spacial score (nSPS) is 12.3. The van der Waals surface area contributed by atoms with E-state index in [9.17, 15) is 13.2 Å². The topological polar surface area (TPSA) is 39.9 Å². The molecule has 2 heterocycles. The highest BCUT2D eigenvalue weighted by molar-refractivity contribution is 14.1. The Labute approximate surface area is 114 Å². The SMILES string of the molecule is COCCn1c(I)nc2cc(C(F)(F)F)cnc21. The molecule has 0 aromatic carbocycles. The summed E-state index contributed by atoms with van der Waals surface area (Å²) >= 11 is 1.96. The summed E-state index contributed by atoms with van der Waals surface area (Å²) in [6, 6.07) is 1.01. The molecule has 2 aromatic heterocycles. The maximum Gasteiger partial charge on any atom is 0.417 e. The molecule has 0 radical (unpaired) electrons. The number of methoxy groups -OCH3 is 1. The second-order valence-corrected chi connectivity index (χ2v) is 4.55. The maximum absolute atomic E-state index is 12.5. The minimum Gasteiger partial charge on any atom is -0.383 e. The Morgan fingerprint density at radius 1 is 1.44 bits per heavy atom. The van der Waals surface area contributed by atoms with Gasteiger partial charge in [0.1, 0.15) is 5.52 Å². The van der Waals surface area contributed by atoms with Gasteiger partial charge in [-0.25, -0.2) is 9.97 Å². The minimum atomic E-state index is -4.40. The highest BCUT2D eigenvalue weighted by Gasteiger charge is 2.31. The van der Waals surface area contributed by atoms with E-state index >= 15 is 0 Å². The van der Waals surface area contributed by atoms with Gasteiger partial charge < -0.3 is 9.30 Å². The van der Waals surface area contributed by atoms with Gasteiger partial charge in [0, 0.05) is 42.4 Å². The number of hydrogen-bond acceptors (Lipinski definition) is 3. The van der Waals surface area contributed by atoms with Crippen molar-refractivity contribution in [2.75, 3.05) is 13.7 Å². The first kappa shape index (κ1) is 13.5. The molecule has 2 rings (SSSR count). The summed E-state index contributed by atoms with van der Waals surface area (Å²) in [5.41, 5.74) is -0.113. The lowest BCUT2D eigenvalue weighted by atomic mass is 10.2. The Kier molecular flexibility index (Phi) is 3.76. The third kappa shape index (κ3) is 2.58. The number of imidazole rings is 1. The molecule has 0 spiro atoms. The van der Waals surface area contributed by atoms with Crippen LogP contribution in [-0.2, 0) is 17.5 Å². The number of rotatable bonds is 3. The number of nitrogens with zero attached hydrogens (tertiary/aromatic N) is 3. The summed E-state index contributed by atoms with van der Waals surface area (Å²) in [6.07, 6.45) is -3.58. The summed E-state index contributed by atoms with van der Waals surface area (Å²) < 4.78 is 44.8. The summed E-state index contributed by atoms with van der Waals surface area (Å²) in [4.78, 5) is 7.91. The molecule has 98 valence electrons. The molecule has 4 nitrogen and oxygen atoms in total. The molecule has 0 saturated carbocycles. The zero-order valence-electron chi connectivity index (χ0n) is 9.33. The van der Waals surface area contributed by atoms with Gasteiger partial charge in [-0.05, 0) is 6.07 Å². The highest BCUT2D eigenvalue weighted by atomic mass is 127. The summed E-state index contributed by atoms with van der Waals surface area (Å²) in [5, 5.41) is 0. The predicted molar refractivity (Wildman–Crippen MR) is 67.1 cm³/mol. The molecule has 0 atom stereocenters. The molecule has 0 amide bonds. The van der Waals surface area contributed by atoms with E-state index in [1.807, 2.05) is 22.6 Å². The molecule has 2 aromatic rings. The lowest BCUT2D eigenvalue weighted by molar-refractivity contribution is -0.137. The van der Waals surface area contributed by atoms with Crippen molar-refractivity contribution in [2.24, 2.45) is 0 Å². The van der Waals surface area contributed by atoms with Gasteiger partial charge in [0.25, 0.3) is 0 Å². The van der Waals surface area contributed by atoms with Crippen LogP contribution in [0.4, 0.5) is 13.2 Å². The van der Waals surface area contributed by atoms with Gasteiger partial charge in [-0.3, -0.25) is 0 Å². The third-order valence-electron chi connectivity index (χ3n) is 2.38. The van der Waals surface area contributed by atoms with Crippen LogP contribution >= 0.6 is 22.6 Å². The predicted octanol–water partition coefficient (Wildman–Crippen LogP) is 2.70. The van der Waals surface area contributed by atoms with Crippen LogP contribution in [0.15, 0.2) is 12.3 Å². The molecular formula is C10H9F3IN3O. The average molecular weight is 371 g/mol. The van der Waals surface area contributed by atoms with Crippen molar-refractivity contribution >= 4 is 33.8 Å².